The Hall–Kier alpha value is -4.63. The van der Waals surface area contributed by atoms with Crippen molar-refractivity contribution in [2.45, 2.75) is 64.1 Å². The summed E-state index contributed by atoms with van der Waals surface area (Å²) in [5.74, 6) is 0.484. The molecule has 0 bridgehead atoms. The largest absolute Gasteiger partial charge is 0.457 e. The van der Waals surface area contributed by atoms with E-state index in [1.807, 2.05) is 91.9 Å². The highest BCUT2D eigenvalue weighted by Gasteiger charge is 2.34. The first-order valence-electron chi connectivity index (χ1n) is 16.2. The number of anilines is 1. The first-order chi connectivity index (χ1) is 22.7. The van der Waals surface area contributed by atoms with E-state index in [1.54, 1.807) is 29.2 Å². The molecule has 0 saturated heterocycles. The first kappa shape index (κ1) is 33.7. The van der Waals surface area contributed by atoms with Crippen LogP contribution in [0.3, 0.4) is 0 Å². The predicted molar refractivity (Wildman–Crippen MR) is 186 cm³/mol. The van der Waals surface area contributed by atoms with Gasteiger partial charge >= 0.3 is 0 Å². The molecule has 47 heavy (non-hydrogen) atoms. The molecule has 0 unspecified atom stereocenters. The Morgan fingerprint density at radius 2 is 1.43 bits per heavy atom. The van der Waals surface area contributed by atoms with Gasteiger partial charge < -0.3 is 15.0 Å². The summed E-state index contributed by atoms with van der Waals surface area (Å²) in [6, 6.07) is 32.5. The number of nitrogens with zero attached hydrogens (tertiary/aromatic N) is 2. The van der Waals surface area contributed by atoms with Gasteiger partial charge in [0, 0.05) is 19.0 Å². The monoisotopic (exact) mass is 653 g/mol. The topological polar surface area (TPSA) is 96.0 Å². The van der Waals surface area contributed by atoms with Gasteiger partial charge in [-0.2, -0.15) is 0 Å². The molecular formula is C38H43N3O5S. The van der Waals surface area contributed by atoms with E-state index >= 15 is 0 Å². The lowest BCUT2D eigenvalue weighted by atomic mass is 9.94. The van der Waals surface area contributed by atoms with Crippen LogP contribution in [0, 0.1) is 6.92 Å². The molecule has 2 amide bonds. The summed E-state index contributed by atoms with van der Waals surface area (Å²) < 4.78 is 33.3. The van der Waals surface area contributed by atoms with Crippen molar-refractivity contribution in [3.63, 3.8) is 0 Å². The van der Waals surface area contributed by atoms with Gasteiger partial charge in [-0.05, 0) is 67.3 Å². The zero-order valence-electron chi connectivity index (χ0n) is 27.0. The molecule has 4 aromatic carbocycles. The summed E-state index contributed by atoms with van der Waals surface area (Å²) >= 11 is 0. The van der Waals surface area contributed by atoms with E-state index in [0.29, 0.717) is 23.6 Å². The maximum atomic E-state index is 14.4. The molecule has 1 aliphatic rings. The van der Waals surface area contributed by atoms with Crippen molar-refractivity contribution in [3.05, 3.63) is 126 Å². The third-order valence-corrected chi connectivity index (χ3v) is 9.58. The summed E-state index contributed by atoms with van der Waals surface area (Å²) in [7, 11) is -3.88. The fraction of sp³-hybridized carbons (Fsp3) is 0.316. The summed E-state index contributed by atoms with van der Waals surface area (Å²) in [6.45, 7) is 1.66. The number of ether oxygens (including phenoxy) is 1. The molecule has 1 saturated carbocycles. The second-order valence-corrected chi connectivity index (χ2v) is 14.1. The molecule has 1 atom stereocenters. The quantitative estimate of drug-likeness (QED) is 0.175. The third kappa shape index (κ3) is 9.68. The first-order valence-corrected chi connectivity index (χ1v) is 18.0. The summed E-state index contributed by atoms with van der Waals surface area (Å²) in [4.78, 5) is 30.1. The highest BCUT2D eigenvalue weighted by molar-refractivity contribution is 7.92. The van der Waals surface area contributed by atoms with Crippen LogP contribution in [0.25, 0.3) is 0 Å². The Balaban J connectivity index is 1.46. The minimum atomic E-state index is -3.88. The van der Waals surface area contributed by atoms with Crippen LogP contribution in [0.15, 0.2) is 109 Å². The number of benzene rings is 4. The second kappa shape index (κ2) is 15.8. The number of amides is 2. The van der Waals surface area contributed by atoms with Gasteiger partial charge in [-0.15, -0.1) is 0 Å². The van der Waals surface area contributed by atoms with E-state index in [9.17, 15) is 18.0 Å². The van der Waals surface area contributed by atoms with E-state index < -0.39 is 28.5 Å². The molecule has 0 heterocycles. The second-order valence-electron chi connectivity index (χ2n) is 12.2. The van der Waals surface area contributed by atoms with Crippen LogP contribution in [0.2, 0.25) is 0 Å². The van der Waals surface area contributed by atoms with Crippen molar-refractivity contribution in [1.29, 1.82) is 0 Å². The van der Waals surface area contributed by atoms with Crippen LogP contribution in [-0.4, -0.2) is 50.0 Å². The van der Waals surface area contributed by atoms with E-state index in [4.69, 9.17) is 4.74 Å². The zero-order chi connectivity index (χ0) is 33.2. The van der Waals surface area contributed by atoms with Crippen molar-refractivity contribution in [2.24, 2.45) is 0 Å². The minimum absolute atomic E-state index is 0.0505. The smallest absolute Gasteiger partial charge is 0.244 e. The minimum Gasteiger partial charge on any atom is -0.457 e. The molecular weight excluding hydrogens is 611 g/mol. The number of rotatable bonds is 13. The highest BCUT2D eigenvalue weighted by atomic mass is 32.2. The van der Waals surface area contributed by atoms with Crippen molar-refractivity contribution >= 4 is 27.5 Å². The maximum absolute atomic E-state index is 14.4. The molecule has 0 aromatic heterocycles. The van der Waals surface area contributed by atoms with Gasteiger partial charge in [-0.1, -0.05) is 97.6 Å². The number of sulfonamides is 1. The Morgan fingerprint density at radius 1 is 0.809 bits per heavy atom. The molecule has 246 valence electrons. The van der Waals surface area contributed by atoms with Gasteiger partial charge in [0.05, 0.1) is 11.9 Å². The number of aryl methyl sites for hydroxylation is 1. The highest BCUT2D eigenvalue weighted by Crippen LogP contribution is 2.26. The van der Waals surface area contributed by atoms with E-state index in [2.05, 4.69) is 5.32 Å². The SMILES string of the molecule is Cc1cccc(CN(C(=O)CN(c2ccc(Oc3ccccc3)cc2)S(C)(=O)=O)[C@H](Cc2ccccc2)C(=O)NC2CCCCC2)c1. The normalized spacial score (nSPS) is 14.2. The average Bonchev–Trinajstić information content (AvgIpc) is 3.06. The van der Waals surface area contributed by atoms with Gasteiger partial charge in [0.2, 0.25) is 21.8 Å². The molecule has 8 nitrogen and oxygen atoms in total. The molecule has 9 heteroatoms. The van der Waals surface area contributed by atoms with Crippen LogP contribution in [-0.2, 0) is 32.6 Å². The van der Waals surface area contributed by atoms with Crippen LogP contribution in [0.1, 0.15) is 48.8 Å². The van der Waals surface area contributed by atoms with Crippen molar-refractivity contribution in [1.82, 2.24) is 10.2 Å². The Labute approximate surface area is 278 Å². The molecule has 5 rings (SSSR count). The van der Waals surface area contributed by atoms with E-state index in [0.717, 1.165) is 59.4 Å². The molecule has 0 radical (unpaired) electrons. The number of nitrogens with one attached hydrogen (secondary N) is 1. The third-order valence-electron chi connectivity index (χ3n) is 8.44. The maximum Gasteiger partial charge on any atom is 0.244 e. The fourth-order valence-corrected chi connectivity index (χ4v) is 6.87. The Kier molecular flexibility index (Phi) is 11.3. The van der Waals surface area contributed by atoms with E-state index in [1.165, 1.54) is 0 Å². The molecule has 0 aliphatic heterocycles. The molecule has 1 fully saturated rings. The number of para-hydroxylation sites is 1. The summed E-state index contributed by atoms with van der Waals surface area (Å²) in [5, 5.41) is 3.23. The lowest BCUT2D eigenvalue weighted by Gasteiger charge is -2.35. The van der Waals surface area contributed by atoms with Crippen LogP contribution in [0.5, 0.6) is 11.5 Å². The molecule has 1 aliphatic carbocycles. The van der Waals surface area contributed by atoms with Crippen molar-refractivity contribution in [3.8, 4) is 11.5 Å². The molecule has 1 N–H and O–H groups in total. The van der Waals surface area contributed by atoms with Gasteiger partial charge in [-0.25, -0.2) is 8.42 Å². The van der Waals surface area contributed by atoms with Crippen LogP contribution >= 0.6 is 0 Å². The Bertz CT molecular complexity index is 1720. The van der Waals surface area contributed by atoms with E-state index in [-0.39, 0.29) is 18.5 Å². The standard InChI is InChI=1S/C38H43N3O5S/c1-29-13-12-16-31(25-29)27-40(36(26-30-14-6-3-7-15-30)38(43)39-32-17-8-4-9-18-32)37(42)28-41(47(2,44)45)33-21-23-35(24-22-33)46-34-19-10-5-11-20-34/h3,5-7,10-16,19-25,32,36H,4,8-9,17-18,26-28H2,1-2H3,(H,39,43)/t36-/m1/s1. The van der Waals surface area contributed by atoms with Crippen molar-refractivity contribution < 1.29 is 22.7 Å². The van der Waals surface area contributed by atoms with Gasteiger partial charge in [0.1, 0.15) is 24.1 Å². The average molecular weight is 654 g/mol. The Morgan fingerprint density at radius 3 is 2.06 bits per heavy atom. The van der Waals surface area contributed by atoms with Gasteiger partial charge in [0.15, 0.2) is 0 Å². The number of carbonyl (C=O) groups is 2. The fourth-order valence-electron chi connectivity index (χ4n) is 6.02. The molecule has 4 aromatic rings. The van der Waals surface area contributed by atoms with Crippen LogP contribution in [0.4, 0.5) is 5.69 Å². The number of hydrogen-bond acceptors (Lipinski definition) is 5. The van der Waals surface area contributed by atoms with Crippen molar-refractivity contribution in [2.75, 3.05) is 17.1 Å². The van der Waals surface area contributed by atoms with Gasteiger partial charge in [0.25, 0.3) is 0 Å². The lowest BCUT2D eigenvalue weighted by Crippen LogP contribution is -2.55. The number of hydrogen-bond donors (Lipinski definition) is 1. The summed E-state index contributed by atoms with van der Waals surface area (Å²) in [6.07, 6.45) is 6.44. The lowest BCUT2D eigenvalue weighted by molar-refractivity contribution is -0.140. The zero-order valence-corrected chi connectivity index (χ0v) is 27.9. The molecule has 0 spiro atoms. The number of carbonyl (C=O) groups excluding carboxylic acids is 2. The summed E-state index contributed by atoms with van der Waals surface area (Å²) in [5.41, 5.74) is 3.11. The van der Waals surface area contributed by atoms with Gasteiger partial charge in [-0.3, -0.25) is 13.9 Å². The van der Waals surface area contributed by atoms with Crippen LogP contribution < -0.4 is 14.4 Å². The predicted octanol–water partition coefficient (Wildman–Crippen LogP) is 6.64.